The fourth-order valence-corrected chi connectivity index (χ4v) is 2.91. The summed E-state index contributed by atoms with van der Waals surface area (Å²) < 4.78 is 10.2. The first-order valence-electron chi connectivity index (χ1n) is 8.52. The molecule has 0 unspecified atom stereocenters. The first kappa shape index (κ1) is 19.1. The molecule has 1 amide bonds. The van der Waals surface area contributed by atoms with Crippen LogP contribution in [0, 0.1) is 0 Å². The third-order valence-corrected chi connectivity index (χ3v) is 4.31. The molecule has 0 aliphatic carbocycles. The molecule has 0 saturated carbocycles. The second kappa shape index (κ2) is 8.79. The lowest BCUT2D eigenvalue weighted by Gasteiger charge is -2.12. The van der Waals surface area contributed by atoms with E-state index in [2.05, 4.69) is 5.32 Å². The number of hydrogen-bond donors (Lipinski definition) is 1. The Morgan fingerprint density at radius 1 is 1.15 bits per heavy atom. The molecule has 1 saturated heterocycles. The topological polar surface area (TPSA) is 81.7 Å². The van der Waals surface area contributed by atoms with E-state index in [1.807, 2.05) is 0 Å². The van der Waals surface area contributed by atoms with Gasteiger partial charge in [0, 0.05) is 22.8 Å². The molecule has 6 nitrogen and oxygen atoms in total. The second-order valence-electron chi connectivity index (χ2n) is 6.04. The summed E-state index contributed by atoms with van der Waals surface area (Å²) in [5.41, 5.74) is 1.03. The maximum Gasteiger partial charge on any atom is 0.335 e. The van der Waals surface area contributed by atoms with E-state index in [4.69, 9.17) is 21.1 Å². The zero-order valence-electron chi connectivity index (χ0n) is 14.4. The van der Waals surface area contributed by atoms with Gasteiger partial charge in [0.1, 0.15) is 0 Å². The number of ketones is 1. The van der Waals surface area contributed by atoms with Gasteiger partial charge in [0.2, 0.25) is 0 Å². The second-order valence-corrected chi connectivity index (χ2v) is 6.48. The van der Waals surface area contributed by atoms with Crippen LogP contribution in [0.1, 0.15) is 28.8 Å². The molecule has 1 atom stereocenters. The first-order chi connectivity index (χ1) is 13.0. The van der Waals surface area contributed by atoms with Gasteiger partial charge in [-0.05, 0) is 31.0 Å². The summed E-state index contributed by atoms with van der Waals surface area (Å²) in [5, 5.41) is 2.97. The van der Waals surface area contributed by atoms with E-state index < -0.39 is 24.6 Å². The smallest absolute Gasteiger partial charge is 0.335 e. The lowest BCUT2D eigenvalue weighted by molar-refractivity contribution is -0.156. The molecule has 1 aliphatic heterocycles. The first-order valence-corrected chi connectivity index (χ1v) is 8.90. The fourth-order valence-electron chi connectivity index (χ4n) is 2.74. The van der Waals surface area contributed by atoms with Gasteiger partial charge in [0.15, 0.2) is 18.5 Å². The fraction of sp³-hybridized carbons (Fsp3) is 0.250. The Hall–Kier alpha value is -2.70. The average molecular weight is 388 g/mol. The van der Waals surface area contributed by atoms with Crippen LogP contribution in [-0.2, 0) is 19.1 Å². The summed E-state index contributed by atoms with van der Waals surface area (Å²) in [6.45, 7) is 0.0575. The third-order valence-electron chi connectivity index (χ3n) is 4.07. The molecule has 0 aromatic heterocycles. The molecular formula is C20H18ClNO5. The molecule has 7 heteroatoms. The molecule has 27 heavy (non-hydrogen) atoms. The number of carbonyl (C=O) groups excluding carboxylic acids is 3. The summed E-state index contributed by atoms with van der Waals surface area (Å²) in [4.78, 5) is 36.7. The van der Waals surface area contributed by atoms with E-state index in [1.54, 1.807) is 36.4 Å². The summed E-state index contributed by atoms with van der Waals surface area (Å²) in [6, 6.07) is 13.3. The predicted molar refractivity (Wildman–Crippen MR) is 99.9 cm³/mol. The Bertz CT molecular complexity index is 847. The highest BCUT2D eigenvalue weighted by atomic mass is 35.5. The van der Waals surface area contributed by atoms with Crippen molar-refractivity contribution in [2.75, 3.05) is 18.5 Å². The molecule has 1 heterocycles. The van der Waals surface area contributed by atoms with Crippen LogP contribution in [0.2, 0.25) is 5.02 Å². The number of halogens is 1. The quantitative estimate of drug-likeness (QED) is 0.608. The van der Waals surface area contributed by atoms with Crippen LogP contribution in [0.25, 0.3) is 0 Å². The standard InChI is InChI=1S/C20H18ClNO5/c21-14-8-9-16(15(11-14)19(24)13-5-2-1-3-6-13)22-18(23)12-27-20(25)17-7-4-10-26-17/h1-3,5-6,8-9,11,17H,4,7,10,12H2,(H,22,23)/t17-/m1/s1. The highest BCUT2D eigenvalue weighted by Gasteiger charge is 2.25. The van der Waals surface area contributed by atoms with Crippen LogP contribution >= 0.6 is 11.6 Å². The van der Waals surface area contributed by atoms with Crippen LogP contribution in [0.3, 0.4) is 0 Å². The number of ether oxygens (including phenoxy) is 2. The minimum atomic E-state index is -0.608. The Morgan fingerprint density at radius 2 is 1.93 bits per heavy atom. The van der Waals surface area contributed by atoms with Crippen LogP contribution in [0.15, 0.2) is 48.5 Å². The maximum absolute atomic E-state index is 12.7. The van der Waals surface area contributed by atoms with Crippen LogP contribution < -0.4 is 5.32 Å². The number of carbonyl (C=O) groups is 3. The zero-order valence-corrected chi connectivity index (χ0v) is 15.2. The molecule has 0 spiro atoms. The van der Waals surface area contributed by atoms with Crippen molar-refractivity contribution in [1.82, 2.24) is 0 Å². The molecular weight excluding hydrogens is 370 g/mol. The summed E-state index contributed by atoms with van der Waals surface area (Å²) in [6.07, 6.45) is 0.776. The van der Waals surface area contributed by atoms with Crippen LogP contribution in [-0.4, -0.2) is 37.0 Å². The van der Waals surface area contributed by atoms with E-state index in [9.17, 15) is 14.4 Å². The lowest BCUT2D eigenvalue weighted by atomic mass is 10.0. The Kier molecular flexibility index (Phi) is 6.21. The van der Waals surface area contributed by atoms with E-state index in [1.165, 1.54) is 12.1 Å². The van der Waals surface area contributed by atoms with Gasteiger partial charge < -0.3 is 14.8 Å². The maximum atomic E-state index is 12.7. The van der Waals surface area contributed by atoms with Gasteiger partial charge in [-0.2, -0.15) is 0 Å². The van der Waals surface area contributed by atoms with Crippen molar-refractivity contribution >= 4 is 34.9 Å². The average Bonchev–Trinajstić information content (AvgIpc) is 3.22. The van der Waals surface area contributed by atoms with Gasteiger partial charge in [0.25, 0.3) is 5.91 Å². The van der Waals surface area contributed by atoms with Gasteiger partial charge in [-0.25, -0.2) is 4.79 Å². The molecule has 0 bridgehead atoms. The van der Waals surface area contributed by atoms with Gasteiger partial charge in [-0.15, -0.1) is 0 Å². The van der Waals surface area contributed by atoms with E-state index in [-0.39, 0.29) is 11.3 Å². The Balaban J connectivity index is 1.68. The predicted octanol–water partition coefficient (Wildman–Crippen LogP) is 3.23. The van der Waals surface area contributed by atoms with Crippen molar-refractivity contribution in [3.8, 4) is 0 Å². The van der Waals surface area contributed by atoms with Gasteiger partial charge >= 0.3 is 5.97 Å². The number of esters is 1. The van der Waals surface area contributed by atoms with Crippen LogP contribution in [0.4, 0.5) is 5.69 Å². The molecule has 2 aromatic rings. The van der Waals surface area contributed by atoms with E-state index in [0.29, 0.717) is 29.3 Å². The largest absolute Gasteiger partial charge is 0.454 e. The van der Waals surface area contributed by atoms with Crippen molar-refractivity contribution < 1.29 is 23.9 Å². The molecule has 3 rings (SSSR count). The van der Waals surface area contributed by atoms with E-state index >= 15 is 0 Å². The summed E-state index contributed by atoms with van der Waals surface area (Å²) >= 11 is 6.01. The highest BCUT2D eigenvalue weighted by molar-refractivity contribution is 6.31. The van der Waals surface area contributed by atoms with Crippen molar-refractivity contribution in [2.45, 2.75) is 18.9 Å². The molecule has 1 aliphatic rings. The normalized spacial score (nSPS) is 16.0. The number of hydrogen-bond acceptors (Lipinski definition) is 5. The van der Waals surface area contributed by atoms with Gasteiger partial charge in [0.05, 0.1) is 5.69 Å². The number of nitrogens with one attached hydrogen (secondary N) is 1. The lowest BCUT2D eigenvalue weighted by Crippen LogP contribution is -2.27. The van der Waals surface area contributed by atoms with Gasteiger partial charge in [-0.1, -0.05) is 41.9 Å². The summed E-state index contributed by atoms with van der Waals surface area (Å²) in [5.74, 6) is -1.38. The number of anilines is 1. The number of amides is 1. The highest BCUT2D eigenvalue weighted by Crippen LogP contribution is 2.24. The molecule has 140 valence electrons. The monoisotopic (exact) mass is 387 g/mol. The van der Waals surface area contributed by atoms with Crippen molar-refractivity contribution in [2.24, 2.45) is 0 Å². The van der Waals surface area contributed by atoms with Crippen molar-refractivity contribution in [1.29, 1.82) is 0 Å². The van der Waals surface area contributed by atoms with Crippen molar-refractivity contribution in [3.05, 3.63) is 64.7 Å². The summed E-state index contributed by atoms with van der Waals surface area (Å²) in [7, 11) is 0. The number of benzene rings is 2. The number of rotatable bonds is 6. The molecule has 1 N–H and O–H groups in total. The zero-order chi connectivity index (χ0) is 19.2. The Morgan fingerprint density at radius 3 is 2.63 bits per heavy atom. The molecule has 2 aromatic carbocycles. The molecule has 1 fully saturated rings. The molecule has 0 radical (unpaired) electrons. The van der Waals surface area contributed by atoms with Gasteiger partial charge in [-0.3, -0.25) is 9.59 Å². The van der Waals surface area contributed by atoms with Crippen molar-refractivity contribution in [3.63, 3.8) is 0 Å². The minimum Gasteiger partial charge on any atom is -0.454 e. The van der Waals surface area contributed by atoms with Crippen LogP contribution in [0.5, 0.6) is 0 Å². The third kappa shape index (κ3) is 4.93. The minimum absolute atomic E-state index is 0.257. The van der Waals surface area contributed by atoms with E-state index in [0.717, 1.165) is 6.42 Å². The SMILES string of the molecule is O=C(COC(=O)[C@H]1CCCO1)Nc1ccc(Cl)cc1C(=O)c1ccccc1. The Labute approximate surface area is 161 Å².